The molecule has 1 saturated carbocycles. The largest absolute Gasteiger partial charge is 0.416 e. The maximum absolute atomic E-state index is 13.6. The van der Waals surface area contributed by atoms with Crippen molar-refractivity contribution >= 4 is 5.91 Å². The molecule has 33 heavy (non-hydrogen) atoms. The van der Waals surface area contributed by atoms with Gasteiger partial charge >= 0.3 is 6.18 Å². The van der Waals surface area contributed by atoms with Crippen LogP contribution in [0.3, 0.4) is 0 Å². The zero-order valence-electron chi connectivity index (χ0n) is 18.7. The molecule has 0 bridgehead atoms. The summed E-state index contributed by atoms with van der Waals surface area (Å²) in [6.45, 7) is 4.63. The van der Waals surface area contributed by atoms with Gasteiger partial charge in [0.1, 0.15) is 0 Å². The van der Waals surface area contributed by atoms with Crippen LogP contribution in [0.1, 0.15) is 65.3 Å². The minimum Gasteiger partial charge on any atom is -0.392 e. The molecule has 3 aliphatic rings. The smallest absolute Gasteiger partial charge is 0.392 e. The van der Waals surface area contributed by atoms with E-state index in [0.717, 1.165) is 56.5 Å². The van der Waals surface area contributed by atoms with Gasteiger partial charge in [-0.3, -0.25) is 9.69 Å². The van der Waals surface area contributed by atoms with Gasteiger partial charge in [0.2, 0.25) is 0 Å². The fourth-order valence-electron chi connectivity index (χ4n) is 5.25. The first-order valence-corrected chi connectivity index (χ1v) is 11.7. The molecule has 178 valence electrons. The van der Waals surface area contributed by atoms with Gasteiger partial charge in [-0.2, -0.15) is 18.3 Å². The predicted molar refractivity (Wildman–Crippen MR) is 116 cm³/mol. The van der Waals surface area contributed by atoms with E-state index in [1.807, 2.05) is 4.90 Å². The van der Waals surface area contributed by atoms with Gasteiger partial charge in [0, 0.05) is 38.1 Å². The van der Waals surface area contributed by atoms with E-state index in [0.29, 0.717) is 42.6 Å². The summed E-state index contributed by atoms with van der Waals surface area (Å²) in [5.41, 5.74) is 1.45. The Kier molecular flexibility index (Phi) is 5.73. The van der Waals surface area contributed by atoms with E-state index >= 15 is 0 Å². The Bertz CT molecular complexity index is 1040. The Hall–Kier alpha value is -2.39. The lowest BCUT2D eigenvalue weighted by Crippen LogP contribution is -2.46. The number of benzene rings is 1. The number of hydrogen-bond acceptors (Lipinski definition) is 4. The van der Waals surface area contributed by atoms with Gasteiger partial charge in [0.05, 0.1) is 34.3 Å². The first-order chi connectivity index (χ1) is 15.7. The van der Waals surface area contributed by atoms with E-state index in [2.05, 4.69) is 10.00 Å². The van der Waals surface area contributed by atoms with Crippen LogP contribution in [0.2, 0.25) is 0 Å². The molecule has 2 aliphatic heterocycles. The number of hydrogen-bond donors (Lipinski definition) is 1. The van der Waals surface area contributed by atoms with Crippen molar-refractivity contribution in [3.63, 3.8) is 0 Å². The van der Waals surface area contributed by atoms with Crippen LogP contribution in [0.25, 0.3) is 5.69 Å². The monoisotopic (exact) mass is 462 g/mol. The number of aliphatic hydroxyl groups is 1. The van der Waals surface area contributed by atoms with Crippen LogP contribution in [-0.2, 0) is 6.18 Å². The van der Waals surface area contributed by atoms with E-state index in [9.17, 15) is 23.1 Å². The zero-order chi connectivity index (χ0) is 23.3. The van der Waals surface area contributed by atoms with Gasteiger partial charge < -0.3 is 10.0 Å². The first kappa shape index (κ1) is 22.4. The van der Waals surface area contributed by atoms with E-state index in [1.165, 1.54) is 6.07 Å². The third-order valence-corrected chi connectivity index (χ3v) is 7.15. The zero-order valence-corrected chi connectivity index (χ0v) is 18.7. The number of carbonyl (C=O) groups excluding carboxylic acids is 1. The fraction of sp³-hybridized carbons (Fsp3) is 0.583. The van der Waals surface area contributed by atoms with Crippen molar-refractivity contribution in [2.75, 3.05) is 26.2 Å². The third-order valence-electron chi connectivity index (χ3n) is 7.15. The highest BCUT2D eigenvalue weighted by Crippen LogP contribution is 2.44. The molecule has 1 amide bonds. The topological polar surface area (TPSA) is 61.6 Å². The molecule has 6 nitrogen and oxygen atoms in total. The average molecular weight is 463 g/mol. The van der Waals surface area contributed by atoms with E-state index < -0.39 is 11.7 Å². The number of carbonyl (C=O) groups is 1. The SMILES string of the molecule is Cc1nn(-c2cccc(C(F)(F)F)c2)c(C2CC2)c1C(=O)N1CCC(N2CCC(O)C2)CC1. The van der Waals surface area contributed by atoms with Gasteiger partial charge in [-0.15, -0.1) is 0 Å². The Balaban J connectivity index is 1.39. The highest BCUT2D eigenvalue weighted by molar-refractivity contribution is 5.97. The molecule has 0 radical (unpaired) electrons. The van der Waals surface area contributed by atoms with Crippen LogP contribution in [0.4, 0.5) is 13.2 Å². The summed E-state index contributed by atoms with van der Waals surface area (Å²) >= 11 is 0. The summed E-state index contributed by atoms with van der Waals surface area (Å²) in [5.74, 6) is 0.0656. The number of likely N-dealkylation sites (tertiary alicyclic amines) is 2. The second-order valence-corrected chi connectivity index (χ2v) is 9.54. The van der Waals surface area contributed by atoms with Crippen LogP contribution in [0.15, 0.2) is 24.3 Å². The van der Waals surface area contributed by atoms with Gasteiger partial charge in [-0.25, -0.2) is 4.68 Å². The Labute approximate surface area is 191 Å². The van der Waals surface area contributed by atoms with Crippen LogP contribution in [-0.4, -0.2) is 68.9 Å². The van der Waals surface area contributed by atoms with Crippen molar-refractivity contribution in [3.8, 4) is 5.69 Å². The minimum absolute atomic E-state index is 0.0764. The summed E-state index contributed by atoms with van der Waals surface area (Å²) in [5, 5.41) is 14.4. The van der Waals surface area contributed by atoms with Crippen LogP contribution < -0.4 is 0 Å². The number of aryl methyl sites for hydroxylation is 1. The predicted octanol–water partition coefficient (Wildman–Crippen LogP) is 3.75. The normalized spacial score (nSPS) is 22.8. The van der Waals surface area contributed by atoms with E-state index in [-0.39, 0.29) is 17.9 Å². The summed E-state index contributed by atoms with van der Waals surface area (Å²) in [4.78, 5) is 17.7. The summed E-state index contributed by atoms with van der Waals surface area (Å²) < 4.78 is 41.4. The number of nitrogens with zero attached hydrogens (tertiary/aromatic N) is 4. The second-order valence-electron chi connectivity index (χ2n) is 9.54. The number of rotatable bonds is 4. The van der Waals surface area contributed by atoms with Crippen molar-refractivity contribution in [3.05, 3.63) is 46.8 Å². The third kappa shape index (κ3) is 4.40. The number of aromatic nitrogens is 2. The fourth-order valence-corrected chi connectivity index (χ4v) is 5.25. The summed E-state index contributed by atoms with van der Waals surface area (Å²) in [6, 6.07) is 5.52. The van der Waals surface area contributed by atoms with Gasteiger partial charge in [-0.05, 0) is 57.2 Å². The van der Waals surface area contributed by atoms with Crippen molar-refractivity contribution in [1.82, 2.24) is 19.6 Å². The van der Waals surface area contributed by atoms with Gasteiger partial charge in [0.25, 0.3) is 5.91 Å². The van der Waals surface area contributed by atoms with E-state index in [4.69, 9.17) is 0 Å². The van der Waals surface area contributed by atoms with Crippen LogP contribution in [0, 0.1) is 6.92 Å². The molecule has 1 N–H and O–H groups in total. The lowest BCUT2D eigenvalue weighted by Gasteiger charge is -2.36. The quantitative estimate of drug-likeness (QED) is 0.752. The Morgan fingerprint density at radius 3 is 2.42 bits per heavy atom. The number of aliphatic hydroxyl groups excluding tert-OH is 1. The molecular formula is C24H29F3N4O2. The number of amides is 1. The van der Waals surface area contributed by atoms with Crippen molar-refractivity contribution in [2.45, 2.75) is 63.3 Å². The molecule has 1 aromatic heterocycles. The van der Waals surface area contributed by atoms with Crippen LogP contribution in [0.5, 0.6) is 0 Å². The number of alkyl halides is 3. The standard InChI is InChI=1S/C24H29F3N4O2/c1-15-21(23(33)29-10-7-18(8-11-29)30-12-9-20(32)14-30)22(16-5-6-16)31(28-15)19-4-2-3-17(13-19)24(25,26)27/h2-4,13,16,18,20,32H,5-12,14H2,1H3. The maximum atomic E-state index is 13.6. The lowest BCUT2D eigenvalue weighted by molar-refractivity contribution is -0.137. The number of halogens is 3. The molecule has 3 heterocycles. The van der Waals surface area contributed by atoms with Gasteiger partial charge in [0.15, 0.2) is 0 Å². The molecule has 1 unspecified atom stereocenters. The molecular weight excluding hydrogens is 433 g/mol. The molecule has 0 spiro atoms. The summed E-state index contributed by atoms with van der Waals surface area (Å²) in [6.07, 6.45) is -0.358. The summed E-state index contributed by atoms with van der Waals surface area (Å²) in [7, 11) is 0. The van der Waals surface area contributed by atoms with E-state index in [1.54, 1.807) is 17.7 Å². The molecule has 2 aromatic rings. The minimum atomic E-state index is -4.44. The molecule has 1 aromatic carbocycles. The molecule has 9 heteroatoms. The molecule has 3 fully saturated rings. The molecule has 1 atom stereocenters. The first-order valence-electron chi connectivity index (χ1n) is 11.7. The number of piperidine rings is 1. The number of β-amino-alcohol motifs (C(OH)–C–C–N with tert-alkyl or cyclic N) is 1. The molecule has 1 aliphatic carbocycles. The van der Waals surface area contributed by atoms with Crippen molar-refractivity contribution in [1.29, 1.82) is 0 Å². The Morgan fingerprint density at radius 1 is 1.09 bits per heavy atom. The molecule has 5 rings (SSSR count). The highest BCUT2D eigenvalue weighted by Gasteiger charge is 2.38. The van der Waals surface area contributed by atoms with Crippen LogP contribution >= 0.6 is 0 Å². The van der Waals surface area contributed by atoms with Crippen molar-refractivity contribution in [2.24, 2.45) is 0 Å². The van der Waals surface area contributed by atoms with Crippen molar-refractivity contribution < 1.29 is 23.1 Å². The average Bonchev–Trinajstić information content (AvgIpc) is 3.45. The lowest BCUT2D eigenvalue weighted by atomic mass is 10.0. The maximum Gasteiger partial charge on any atom is 0.416 e. The Morgan fingerprint density at radius 2 is 1.82 bits per heavy atom. The highest BCUT2D eigenvalue weighted by atomic mass is 19.4. The molecule has 2 saturated heterocycles. The van der Waals surface area contributed by atoms with Gasteiger partial charge in [-0.1, -0.05) is 6.07 Å². The second kappa shape index (κ2) is 8.43.